The first-order valence-electron chi connectivity index (χ1n) is 6.36. The van der Waals surface area contributed by atoms with Crippen LogP contribution >= 0.6 is 0 Å². The normalized spacial score (nSPS) is 13.1. The van der Waals surface area contributed by atoms with Crippen LogP contribution in [0.1, 0.15) is 37.8 Å². The Bertz CT molecular complexity index is 484. The van der Waals surface area contributed by atoms with Crippen LogP contribution in [-0.2, 0) is 4.79 Å². The van der Waals surface area contributed by atoms with E-state index in [1.165, 1.54) is 0 Å². The lowest BCUT2D eigenvalue weighted by Crippen LogP contribution is -2.17. The number of rotatable bonds is 5. The number of hydrogen-bond acceptors (Lipinski definition) is 3. The zero-order valence-corrected chi connectivity index (χ0v) is 11.6. The number of amidine groups is 1. The second kappa shape index (κ2) is 6.78. The van der Waals surface area contributed by atoms with E-state index in [0.717, 1.165) is 12.0 Å². The highest BCUT2D eigenvalue weighted by atomic mass is 16.4. The molecule has 1 aromatic rings. The maximum atomic E-state index is 11.9. The second-order valence-corrected chi connectivity index (χ2v) is 4.78. The van der Waals surface area contributed by atoms with E-state index in [-0.39, 0.29) is 11.7 Å². The van der Waals surface area contributed by atoms with Crippen LogP contribution in [-0.4, -0.2) is 17.0 Å². The summed E-state index contributed by atoms with van der Waals surface area (Å²) in [6, 6.07) is 5.28. The second-order valence-electron chi connectivity index (χ2n) is 4.78. The van der Waals surface area contributed by atoms with Gasteiger partial charge in [-0.15, -0.1) is 0 Å². The molecule has 0 saturated carbocycles. The van der Waals surface area contributed by atoms with Crippen molar-refractivity contribution in [2.75, 3.05) is 5.32 Å². The van der Waals surface area contributed by atoms with E-state index in [0.29, 0.717) is 23.6 Å². The van der Waals surface area contributed by atoms with Crippen molar-refractivity contribution in [1.82, 2.24) is 0 Å². The Morgan fingerprint density at radius 3 is 2.79 bits per heavy atom. The smallest absolute Gasteiger partial charge is 0.224 e. The topological polar surface area (TPSA) is 87.7 Å². The van der Waals surface area contributed by atoms with Gasteiger partial charge in [-0.1, -0.05) is 37.6 Å². The molecule has 1 rings (SSSR count). The van der Waals surface area contributed by atoms with Gasteiger partial charge in [0, 0.05) is 17.7 Å². The minimum Gasteiger partial charge on any atom is -0.409 e. The van der Waals surface area contributed by atoms with Crippen LogP contribution in [0.4, 0.5) is 5.69 Å². The summed E-state index contributed by atoms with van der Waals surface area (Å²) < 4.78 is 0. The third kappa shape index (κ3) is 4.28. The van der Waals surface area contributed by atoms with E-state index in [9.17, 15) is 4.79 Å². The Morgan fingerprint density at radius 2 is 2.21 bits per heavy atom. The van der Waals surface area contributed by atoms with Gasteiger partial charge in [0.15, 0.2) is 5.84 Å². The van der Waals surface area contributed by atoms with Gasteiger partial charge in [-0.2, -0.15) is 0 Å². The van der Waals surface area contributed by atoms with Crippen molar-refractivity contribution in [3.8, 4) is 0 Å². The predicted molar refractivity (Wildman–Crippen MR) is 76.4 cm³/mol. The Morgan fingerprint density at radius 1 is 1.53 bits per heavy atom. The number of nitrogens with zero attached hydrogens (tertiary/aromatic N) is 1. The average Bonchev–Trinajstić information content (AvgIpc) is 2.40. The van der Waals surface area contributed by atoms with Crippen molar-refractivity contribution in [2.24, 2.45) is 16.8 Å². The average molecular weight is 263 g/mol. The number of carbonyl (C=O) groups is 1. The molecule has 0 radical (unpaired) electrons. The van der Waals surface area contributed by atoms with Gasteiger partial charge >= 0.3 is 0 Å². The van der Waals surface area contributed by atoms with E-state index in [4.69, 9.17) is 10.9 Å². The van der Waals surface area contributed by atoms with Gasteiger partial charge in [0.25, 0.3) is 0 Å². The van der Waals surface area contributed by atoms with E-state index >= 15 is 0 Å². The third-order valence-electron chi connectivity index (χ3n) is 3.15. The Hall–Kier alpha value is -2.04. The molecule has 4 N–H and O–H groups in total. The summed E-state index contributed by atoms with van der Waals surface area (Å²) in [7, 11) is 0. The monoisotopic (exact) mass is 263 g/mol. The van der Waals surface area contributed by atoms with Crippen molar-refractivity contribution in [3.63, 3.8) is 0 Å². The van der Waals surface area contributed by atoms with Crippen LogP contribution in [0.15, 0.2) is 23.4 Å². The summed E-state index contributed by atoms with van der Waals surface area (Å²) in [6.45, 7) is 6.00. The molecule has 0 heterocycles. The van der Waals surface area contributed by atoms with Crippen LogP contribution in [0.2, 0.25) is 0 Å². The number of anilines is 1. The molecule has 0 saturated heterocycles. The fraction of sp³-hybridized carbons (Fsp3) is 0.429. The molecule has 0 spiro atoms. The van der Waals surface area contributed by atoms with Crippen LogP contribution in [0.5, 0.6) is 0 Å². The maximum Gasteiger partial charge on any atom is 0.224 e. The molecule has 1 atom stereocenters. The van der Waals surface area contributed by atoms with Gasteiger partial charge in [0.05, 0.1) is 0 Å². The number of benzene rings is 1. The first-order valence-corrected chi connectivity index (χ1v) is 6.36. The van der Waals surface area contributed by atoms with Crippen molar-refractivity contribution in [3.05, 3.63) is 29.3 Å². The van der Waals surface area contributed by atoms with Crippen molar-refractivity contribution < 1.29 is 10.0 Å². The molecule has 1 unspecified atom stereocenters. The lowest BCUT2D eigenvalue weighted by atomic mass is 10.0. The molecule has 0 aliphatic carbocycles. The molecule has 0 bridgehead atoms. The fourth-order valence-corrected chi connectivity index (χ4v) is 1.64. The van der Waals surface area contributed by atoms with Crippen LogP contribution < -0.4 is 11.1 Å². The molecule has 1 amide bonds. The SMILES string of the molecule is CCC(C)CC(=O)Nc1cc(/C(N)=N/O)ccc1C. The Kier molecular flexibility index (Phi) is 5.36. The molecule has 0 aliphatic heterocycles. The highest BCUT2D eigenvalue weighted by Crippen LogP contribution is 2.18. The highest BCUT2D eigenvalue weighted by Gasteiger charge is 2.10. The number of oxime groups is 1. The molecule has 5 nitrogen and oxygen atoms in total. The van der Waals surface area contributed by atoms with Crippen LogP contribution in [0.3, 0.4) is 0 Å². The fourth-order valence-electron chi connectivity index (χ4n) is 1.64. The molecular formula is C14H21N3O2. The maximum absolute atomic E-state index is 11.9. The largest absolute Gasteiger partial charge is 0.409 e. The van der Waals surface area contributed by atoms with Crippen molar-refractivity contribution in [2.45, 2.75) is 33.6 Å². The molecule has 0 aliphatic rings. The number of nitrogens with one attached hydrogen (secondary N) is 1. The Labute approximate surface area is 113 Å². The summed E-state index contributed by atoms with van der Waals surface area (Å²) >= 11 is 0. The molecule has 0 aromatic heterocycles. The summed E-state index contributed by atoms with van der Waals surface area (Å²) in [5, 5.41) is 14.5. The van der Waals surface area contributed by atoms with E-state index in [1.807, 2.05) is 19.9 Å². The lowest BCUT2D eigenvalue weighted by Gasteiger charge is -2.12. The quantitative estimate of drug-likeness (QED) is 0.330. The Balaban J connectivity index is 2.85. The van der Waals surface area contributed by atoms with Crippen molar-refractivity contribution >= 4 is 17.4 Å². The van der Waals surface area contributed by atoms with Gasteiger partial charge in [0.2, 0.25) is 5.91 Å². The van der Waals surface area contributed by atoms with Gasteiger partial charge in [-0.25, -0.2) is 0 Å². The number of carbonyl (C=O) groups excluding carboxylic acids is 1. The van der Waals surface area contributed by atoms with E-state index in [2.05, 4.69) is 17.4 Å². The van der Waals surface area contributed by atoms with Crippen LogP contribution in [0, 0.1) is 12.8 Å². The van der Waals surface area contributed by atoms with E-state index in [1.54, 1.807) is 12.1 Å². The van der Waals surface area contributed by atoms with Crippen molar-refractivity contribution in [1.29, 1.82) is 0 Å². The van der Waals surface area contributed by atoms with Gasteiger partial charge in [-0.05, 0) is 24.5 Å². The molecular weight excluding hydrogens is 242 g/mol. The number of amides is 1. The molecule has 19 heavy (non-hydrogen) atoms. The summed E-state index contributed by atoms with van der Waals surface area (Å²) in [6.07, 6.45) is 1.46. The van der Waals surface area contributed by atoms with Gasteiger partial charge < -0.3 is 16.3 Å². The van der Waals surface area contributed by atoms with E-state index < -0.39 is 0 Å². The van der Waals surface area contributed by atoms with Crippen LogP contribution in [0.25, 0.3) is 0 Å². The molecule has 1 aromatic carbocycles. The number of nitrogens with two attached hydrogens (primary N) is 1. The first-order chi connectivity index (χ1) is 8.97. The zero-order valence-electron chi connectivity index (χ0n) is 11.6. The third-order valence-corrected chi connectivity index (χ3v) is 3.15. The standard InChI is InChI=1S/C14H21N3O2/c1-4-9(2)7-13(18)16-12-8-11(14(15)17-19)6-5-10(12)3/h5-6,8-9,19H,4,7H2,1-3H3,(H2,15,17)(H,16,18). The lowest BCUT2D eigenvalue weighted by molar-refractivity contribution is -0.117. The van der Waals surface area contributed by atoms with Gasteiger partial charge in [0.1, 0.15) is 0 Å². The minimum atomic E-state index is -0.0193. The molecule has 0 fully saturated rings. The summed E-state index contributed by atoms with van der Waals surface area (Å²) in [5.41, 5.74) is 7.74. The molecule has 104 valence electrons. The summed E-state index contributed by atoms with van der Waals surface area (Å²) in [5.74, 6) is 0.360. The molecule has 5 heteroatoms. The zero-order chi connectivity index (χ0) is 14.4. The number of aryl methyl sites for hydroxylation is 1. The predicted octanol–water partition coefficient (Wildman–Crippen LogP) is 2.46. The minimum absolute atomic E-state index is 0.0193. The van der Waals surface area contributed by atoms with Gasteiger partial charge in [-0.3, -0.25) is 4.79 Å². The first kappa shape index (κ1) is 15.0. The highest BCUT2D eigenvalue weighted by molar-refractivity contribution is 5.99. The number of hydrogen-bond donors (Lipinski definition) is 3. The summed E-state index contributed by atoms with van der Waals surface area (Å²) in [4.78, 5) is 11.9.